The molecule has 3 rings (SSSR count). The van der Waals surface area contributed by atoms with E-state index in [-0.39, 0.29) is 11.3 Å². The number of rotatable bonds is 3. The average molecular weight is 329 g/mol. The normalized spacial score (nSPS) is 15.5. The van der Waals surface area contributed by atoms with Gasteiger partial charge >= 0.3 is 5.97 Å². The topological polar surface area (TPSA) is 82.7 Å². The number of nitrogens with zero attached hydrogens (tertiary/aromatic N) is 2. The number of carbonyl (C=O) groups is 3. The molecule has 1 aliphatic rings. The van der Waals surface area contributed by atoms with Gasteiger partial charge in [-0.1, -0.05) is 6.07 Å². The van der Waals surface area contributed by atoms with Gasteiger partial charge in [-0.25, -0.2) is 0 Å². The standard InChI is InChI=1S/C17H19N3O4/c1-11(21)24-14-5-3-4-13-15(14)12(10-18-13)16(22)17(23)20-8-6-19(2)7-9-20/h3-5,10,18H,6-9H2,1-2H3. The van der Waals surface area contributed by atoms with Crippen LogP contribution in [-0.2, 0) is 9.59 Å². The van der Waals surface area contributed by atoms with Crippen LogP contribution in [0.25, 0.3) is 10.9 Å². The number of ether oxygens (including phenoxy) is 1. The van der Waals surface area contributed by atoms with Crippen molar-refractivity contribution in [3.05, 3.63) is 30.0 Å². The lowest BCUT2D eigenvalue weighted by Crippen LogP contribution is -2.49. The van der Waals surface area contributed by atoms with Crippen LogP contribution in [0, 0.1) is 0 Å². The summed E-state index contributed by atoms with van der Waals surface area (Å²) in [5.74, 6) is -1.32. The molecular weight excluding hydrogens is 310 g/mol. The lowest BCUT2D eigenvalue weighted by Gasteiger charge is -2.31. The van der Waals surface area contributed by atoms with Crippen LogP contribution in [0.1, 0.15) is 17.3 Å². The third-order valence-electron chi connectivity index (χ3n) is 4.15. The number of H-pyrrole nitrogens is 1. The fourth-order valence-corrected chi connectivity index (χ4v) is 2.84. The van der Waals surface area contributed by atoms with Gasteiger partial charge in [0.1, 0.15) is 5.75 Å². The number of ketones is 1. The fraction of sp³-hybridized carbons (Fsp3) is 0.353. The summed E-state index contributed by atoms with van der Waals surface area (Å²) in [4.78, 5) is 43.1. The minimum atomic E-state index is -0.592. The molecule has 1 aromatic heterocycles. The van der Waals surface area contributed by atoms with Gasteiger partial charge in [0.15, 0.2) is 0 Å². The Labute approximate surface area is 139 Å². The van der Waals surface area contributed by atoms with Crippen molar-refractivity contribution in [2.75, 3.05) is 33.2 Å². The molecule has 0 spiro atoms. The van der Waals surface area contributed by atoms with Gasteiger partial charge in [-0.2, -0.15) is 0 Å². The Morgan fingerprint density at radius 3 is 2.50 bits per heavy atom. The zero-order chi connectivity index (χ0) is 17.3. The van der Waals surface area contributed by atoms with Gasteiger partial charge in [-0.15, -0.1) is 0 Å². The molecular formula is C17H19N3O4. The number of likely N-dealkylation sites (N-methyl/N-ethyl adjacent to an activating group) is 1. The van der Waals surface area contributed by atoms with E-state index in [4.69, 9.17) is 4.74 Å². The minimum Gasteiger partial charge on any atom is -0.426 e. The van der Waals surface area contributed by atoms with Crippen LogP contribution in [0.4, 0.5) is 0 Å². The number of amides is 1. The molecule has 0 radical (unpaired) electrons. The summed E-state index contributed by atoms with van der Waals surface area (Å²) in [6.45, 7) is 3.83. The first kappa shape index (κ1) is 16.2. The van der Waals surface area contributed by atoms with E-state index in [2.05, 4.69) is 9.88 Å². The third kappa shape index (κ3) is 3.03. The van der Waals surface area contributed by atoms with Gasteiger partial charge < -0.3 is 19.5 Å². The molecule has 0 saturated carbocycles. The summed E-state index contributed by atoms with van der Waals surface area (Å²) in [6, 6.07) is 5.09. The highest BCUT2D eigenvalue weighted by molar-refractivity contribution is 6.45. The zero-order valence-corrected chi connectivity index (χ0v) is 13.7. The number of aromatic nitrogens is 1. The van der Waals surface area contributed by atoms with Crippen molar-refractivity contribution in [3.8, 4) is 5.75 Å². The van der Waals surface area contributed by atoms with Crippen LogP contribution < -0.4 is 4.74 Å². The Bertz CT molecular complexity index is 803. The van der Waals surface area contributed by atoms with Gasteiger partial charge in [0.05, 0.1) is 10.9 Å². The van der Waals surface area contributed by atoms with Crippen LogP contribution >= 0.6 is 0 Å². The van der Waals surface area contributed by atoms with Gasteiger partial charge in [0, 0.05) is 44.8 Å². The summed E-state index contributed by atoms with van der Waals surface area (Å²) in [5.41, 5.74) is 0.869. The molecule has 7 nitrogen and oxygen atoms in total. The van der Waals surface area contributed by atoms with Crippen molar-refractivity contribution >= 4 is 28.6 Å². The highest BCUT2D eigenvalue weighted by Gasteiger charge is 2.28. The molecule has 1 fully saturated rings. The Hall–Kier alpha value is -2.67. The Morgan fingerprint density at radius 1 is 1.12 bits per heavy atom. The van der Waals surface area contributed by atoms with Crippen LogP contribution in [-0.4, -0.2) is 65.7 Å². The molecule has 126 valence electrons. The van der Waals surface area contributed by atoms with E-state index >= 15 is 0 Å². The predicted octanol–water partition coefficient (Wildman–Crippen LogP) is 1.05. The summed E-state index contributed by atoms with van der Waals surface area (Å²) < 4.78 is 5.17. The number of Topliss-reactive ketones (excluding diaryl/α,β-unsaturated/α-hetero) is 1. The van der Waals surface area contributed by atoms with Gasteiger partial charge in [-0.3, -0.25) is 14.4 Å². The van der Waals surface area contributed by atoms with Crippen molar-refractivity contribution in [1.29, 1.82) is 0 Å². The highest BCUT2D eigenvalue weighted by atomic mass is 16.5. The maximum atomic E-state index is 12.7. The molecule has 0 atom stereocenters. The van der Waals surface area contributed by atoms with E-state index in [1.165, 1.54) is 13.1 Å². The van der Waals surface area contributed by atoms with Crippen LogP contribution in [0.15, 0.2) is 24.4 Å². The lowest BCUT2D eigenvalue weighted by atomic mass is 10.1. The number of esters is 1. The molecule has 0 bridgehead atoms. The number of piperazine rings is 1. The first-order valence-corrected chi connectivity index (χ1v) is 7.78. The Morgan fingerprint density at radius 2 is 1.83 bits per heavy atom. The van der Waals surface area contributed by atoms with Gasteiger partial charge in [-0.05, 0) is 19.2 Å². The van der Waals surface area contributed by atoms with Crippen molar-refractivity contribution in [3.63, 3.8) is 0 Å². The van der Waals surface area contributed by atoms with Crippen molar-refractivity contribution in [2.24, 2.45) is 0 Å². The lowest BCUT2D eigenvalue weighted by molar-refractivity contribution is -0.131. The largest absolute Gasteiger partial charge is 0.426 e. The molecule has 0 unspecified atom stereocenters. The van der Waals surface area contributed by atoms with Gasteiger partial charge in [0.25, 0.3) is 11.7 Å². The predicted molar refractivity (Wildman–Crippen MR) is 88.0 cm³/mol. The van der Waals surface area contributed by atoms with E-state index in [0.717, 1.165) is 13.1 Å². The van der Waals surface area contributed by atoms with E-state index in [1.54, 1.807) is 23.1 Å². The van der Waals surface area contributed by atoms with E-state index in [9.17, 15) is 14.4 Å². The second-order valence-electron chi connectivity index (χ2n) is 5.90. The fourth-order valence-electron chi connectivity index (χ4n) is 2.84. The molecule has 1 aliphatic heterocycles. The molecule has 7 heteroatoms. The summed E-state index contributed by atoms with van der Waals surface area (Å²) in [6.07, 6.45) is 1.49. The molecule has 2 aromatic rings. The second kappa shape index (κ2) is 6.45. The van der Waals surface area contributed by atoms with Crippen LogP contribution in [0.2, 0.25) is 0 Å². The number of hydrogen-bond acceptors (Lipinski definition) is 5. The zero-order valence-electron chi connectivity index (χ0n) is 13.7. The maximum absolute atomic E-state index is 12.7. The summed E-state index contributed by atoms with van der Waals surface area (Å²) in [7, 11) is 1.98. The number of fused-ring (bicyclic) bond motifs is 1. The van der Waals surface area contributed by atoms with Crippen LogP contribution in [0.3, 0.4) is 0 Å². The SMILES string of the molecule is CC(=O)Oc1cccc2[nH]cc(C(=O)C(=O)N3CCN(C)CC3)c12. The van der Waals surface area contributed by atoms with Crippen molar-refractivity contribution in [2.45, 2.75) is 6.92 Å². The van der Waals surface area contributed by atoms with Crippen molar-refractivity contribution in [1.82, 2.24) is 14.8 Å². The molecule has 24 heavy (non-hydrogen) atoms. The quantitative estimate of drug-likeness (QED) is 0.394. The molecule has 2 heterocycles. The highest BCUT2D eigenvalue weighted by Crippen LogP contribution is 2.29. The van der Waals surface area contributed by atoms with E-state index in [0.29, 0.717) is 24.0 Å². The van der Waals surface area contributed by atoms with E-state index in [1.807, 2.05) is 7.05 Å². The number of benzene rings is 1. The Kier molecular flexibility index (Phi) is 4.35. The van der Waals surface area contributed by atoms with Crippen molar-refractivity contribution < 1.29 is 19.1 Å². The first-order chi connectivity index (χ1) is 11.5. The number of nitrogens with one attached hydrogen (secondary N) is 1. The molecule has 1 aromatic carbocycles. The van der Waals surface area contributed by atoms with Gasteiger partial charge in [0.2, 0.25) is 0 Å². The first-order valence-electron chi connectivity index (χ1n) is 7.78. The number of hydrogen-bond donors (Lipinski definition) is 1. The molecule has 1 N–H and O–H groups in total. The monoisotopic (exact) mass is 329 g/mol. The smallest absolute Gasteiger partial charge is 0.308 e. The maximum Gasteiger partial charge on any atom is 0.308 e. The molecule has 1 amide bonds. The number of carbonyl (C=O) groups excluding carboxylic acids is 3. The summed E-state index contributed by atoms with van der Waals surface area (Å²) in [5, 5.41) is 0.458. The number of aromatic amines is 1. The van der Waals surface area contributed by atoms with E-state index < -0.39 is 17.7 Å². The molecule has 1 saturated heterocycles. The molecule has 0 aliphatic carbocycles. The minimum absolute atomic E-state index is 0.228. The summed E-state index contributed by atoms with van der Waals surface area (Å²) >= 11 is 0. The Balaban J connectivity index is 1.92. The van der Waals surface area contributed by atoms with Crippen LogP contribution in [0.5, 0.6) is 5.75 Å². The third-order valence-corrected chi connectivity index (χ3v) is 4.15. The second-order valence-corrected chi connectivity index (χ2v) is 5.90. The average Bonchev–Trinajstić information content (AvgIpc) is 2.99.